The van der Waals surface area contributed by atoms with E-state index in [-0.39, 0.29) is 18.1 Å². The molecule has 2 atom stereocenters. The van der Waals surface area contributed by atoms with E-state index in [1.165, 1.54) is 0 Å². The van der Waals surface area contributed by atoms with Crippen LogP contribution in [-0.4, -0.2) is 56.9 Å². The molecule has 0 radical (unpaired) electrons. The Balaban J connectivity index is 1.83. The number of nitrogens with zero attached hydrogens (tertiary/aromatic N) is 3. The number of imidazole rings is 1. The molecule has 2 aliphatic rings. The molecule has 0 bridgehead atoms. The van der Waals surface area contributed by atoms with Crippen molar-refractivity contribution in [2.75, 3.05) is 19.7 Å². The van der Waals surface area contributed by atoms with Gasteiger partial charge in [0.25, 0.3) is 0 Å². The van der Waals surface area contributed by atoms with E-state index in [2.05, 4.69) is 20.9 Å². The molecule has 1 saturated carbocycles. The molecule has 1 saturated heterocycles. The van der Waals surface area contributed by atoms with Crippen LogP contribution in [-0.2, 0) is 26.9 Å². The van der Waals surface area contributed by atoms with Gasteiger partial charge in [0, 0.05) is 26.3 Å². The Morgan fingerprint density at radius 1 is 1.31 bits per heavy atom. The zero-order valence-electron chi connectivity index (χ0n) is 17.5. The summed E-state index contributed by atoms with van der Waals surface area (Å²) in [5, 5.41) is 9.20. The Morgan fingerprint density at radius 3 is 2.62 bits per heavy atom. The fourth-order valence-electron chi connectivity index (χ4n) is 4.72. The number of carbonyl (C=O) groups is 2. The average molecular weight is 472 g/mol. The van der Waals surface area contributed by atoms with Gasteiger partial charge in [-0.1, -0.05) is 0 Å². The Kier molecular flexibility index (Phi) is 6.02. The standard InChI is InChI=1S/C20H30BrN3O5/c1-18(2,3)29-17(27)24-9-5-6-19(13-24)7-8-20(12-19,28-11-15(25)26)16-22-14(21)10-23(16)4/h10H,5-9,11-13H2,1-4H3,(H,25,26). The van der Waals surface area contributed by atoms with Crippen molar-refractivity contribution in [1.29, 1.82) is 0 Å². The maximum Gasteiger partial charge on any atom is 0.410 e. The molecule has 0 aromatic carbocycles. The predicted molar refractivity (Wildman–Crippen MR) is 109 cm³/mol. The van der Waals surface area contributed by atoms with Gasteiger partial charge in [-0.3, -0.25) is 0 Å². The molecular weight excluding hydrogens is 442 g/mol. The molecule has 1 aromatic rings. The van der Waals surface area contributed by atoms with Crippen LogP contribution in [0.2, 0.25) is 0 Å². The van der Waals surface area contributed by atoms with Crippen LogP contribution in [0.3, 0.4) is 0 Å². The number of carbonyl (C=O) groups excluding carboxylic acids is 1. The normalized spacial score (nSPS) is 27.4. The maximum absolute atomic E-state index is 12.6. The van der Waals surface area contributed by atoms with Crippen molar-refractivity contribution >= 4 is 28.0 Å². The molecule has 8 nitrogen and oxygen atoms in total. The average Bonchev–Trinajstić information content (AvgIpc) is 3.12. The summed E-state index contributed by atoms with van der Waals surface area (Å²) in [6.45, 7) is 6.48. The number of halogens is 1. The lowest BCUT2D eigenvalue weighted by Gasteiger charge is -2.42. The first-order valence-electron chi connectivity index (χ1n) is 9.97. The van der Waals surface area contributed by atoms with Crippen molar-refractivity contribution in [2.24, 2.45) is 12.5 Å². The quantitative estimate of drug-likeness (QED) is 0.719. The van der Waals surface area contributed by atoms with Crippen LogP contribution in [0.5, 0.6) is 0 Å². The van der Waals surface area contributed by atoms with Crippen LogP contribution < -0.4 is 0 Å². The van der Waals surface area contributed by atoms with Crippen molar-refractivity contribution < 1.29 is 24.2 Å². The lowest BCUT2D eigenvalue weighted by molar-refractivity contribution is -0.152. The second-order valence-electron chi connectivity index (χ2n) is 9.36. The summed E-state index contributed by atoms with van der Waals surface area (Å²) in [4.78, 5) is 30.2. The molecule has 2 heterocycles. The minimum atomic E-state index is -1.00. The van der Waals surface area contributed by atoms with Crippen LogP contribution >= 0.6 is 15.9 Å². The highest BCUT2D eigenvalue weighted by Crippen LogP contribution is 2.55. The van der Waals surface area contributed by atoms with Crippen molar-refractivity contribution in [3.8, 4) is 0 Å². The van der Waals surface area contributed by atoms with Gasteiger partial charge < -0.3 is 24.0 Å². The van der Waals surface area contributed by atoms with Crippen molar-refractivity contribution in [1.82, 2.24) is 14.5 Å². The van der Waals surface area contributed by atoms with E-state index in [4.69, 9.17) is 9.47 Å². The Morgan fingerprint density at radius 2 is 2.03 bits per heavy atom. The van der Waals surface area contributed by atoms with Gasteiger partial charge in [0.2, 0.25) is 0 Å². The largest absolute Gasteiger partial charge is 0.480 e. The molecule has 29 heavy (non-hydrogen) atoms. The van der Waals surface area contributed by atoms with Crippen molar-refractivity contribution in [3.05, 3.63) is 16.6 Å². The number of likely N-dealkylation sites (tertiary alicyclic amines) is 1. The van der Waals surface area contributed by atoms with Crippen molar-refractivity contribution in [2.45, 2.75) is 64.1 Å². The molecule has 1 aliphatic heterocycles. The molecule has 2 fully saturated rings. The molecule has 2 unspecified atom stereocenters. The number of aryl methyl sites for hydroxylation is 1. The van der Waals surface area contributed by atoms with E-state index >= 15 is 0 Å². The highest BCUT2D eigenvalue weighted by molar-refractivity contribution is 9.10. The number of hydrogen-bond donors (Lipinski definition) is 1. The van der Waals surface area contributed by atoms with Crippen molar-refractivity contribution in [3.63, 3.8) is 0 Å². The minimum absolute atomic E-state index is 0.133. The summed E-state index contributed by atoms with van der Waals surface area (Å²) in [5.74, 6) is -0.283. The molecule has 1 aliphatic carbocycles. The third-order valence-electron chi connectivity index (χ3n) is 5.76. The monoisotopic (exact) mass is 471 g/mol. The fourth-order valence-corrected chi connectivity index (χ4v) is 5.19. The van der Waals surface area contributed by atoms with E-state index in [9.17, 15) is 14.7 Å². The number of aromatic nitrogens is 2. The smallest absolute Gasteiger partial charge is 0.410 e. The van der Waals surface area contributed by atoms with E-state index in [0.29, 0.717) is 30.5 Å². The van der Waals surface area contributed by atoms with Gasteiger partial charge in [0.1, 0.15) is 28.2 Å². The van der Waals surface area contributed by atoms with Gasteiger partial charge >= 0.3 is 12.1 Å². The number of hydrogen-bond acceptors (Lipinski definition) is 5. The number of ether oxygens (including phenoxy) is 2. The number of amides is 1. The second kappa shape index (κ2) is 7.91. The molecular formula is C20H30BrN3O5. The number of piperidine rings is 1. The lowest BCUT2D eigenvalue weighted by Crippen LogP contribution is -2.47. The molecule has 1 aromatic heterocycles. The third kappa shape index (κ3) is 4.94. The number of carboxylic acids is 1. The second-order valence-corrected chi connectivity index (χ2v) is 10.2. The first-order valence-corrected chi connectivity index (χ1v) is 10.8. The van der Waals surface area contributed by atoms with Crippen LogP contribution in [0.15, 0.2) is 10.8 Å². The maximum atomic E-state index is 12.6. The van der Waals surface area contributed by atoms with Gasteiger partial charge in [0.15, 0.2) is 0 Å². The highest BCUT2D eigenvalue weighted by atomic mass is 79.9. The number of carboxylic acid groups (broad SMARTS) is 1. The third-order valence-corrected chi connectivity index (χ3v) is 6.14. The first kappa shape index (κ1) is 22.1. The van der Waals surface area contributed by atoms with Gasteiger partial charge in [0.05, 0.1) is 0 Å². The Hall–Kier alpha value is -1.61. The summed E-state index contributed by atoms with van der Waals surface area (Å²) >= 11 is 3.41. The van der Waals surface area contributed by atoms with Gasteiger partial charge in [-0.25, -0.2) is 14.6 Å². The van der Waals surface area contributed by atoms with Crippen LogP contribution in [0.1, 0.15) is 58.7 Å². The zero-order valence-corrected chi connectivity index (χ0v) is 19.1. The van der Waals surface area contributed by atoms with E-state index in [0.717, 1.165) is 25.1 Å². The lowest BCUT2D eigenvalue weighted by atomic mass is 9.77. The molecule has 3 rings (SSSR count). The first-order chi connectivity index (χ1) is 13.4. The minimum Gasteiger partial charge on any atom is -0.480 e. The summed E-state index contributed by atoms with van der Waals surface area (Å²) in [6, 6.07) is 0. The predicted octanol–water partition coefficient (Wildman–Crippen LogP) is 3.68. The van der Waals surface area contributed by atoms with Gasteiger partial charge in [-0.15, -0.1) is 0 Å². The molecule has 1 N–H and O–H groups in total. The highest BCUT2D eigenvalue weighted by Gasteiger charge is 2.54. The van der Waals surface area contributed by atoms with E-state index in [1.54, 1.807) is 4.90 Å². The van der Waals surface area contributed by atoms with Crippen LogP contribution in [0, 0.1) is 5.41 Å². The van der Waals surface area contributed by atoms with Gasteiger partial charge in [-0.05, 0) is 74.2 Å². The van der Waals surface area contributed by atoms with E-state index in [1.807, 2.05) is 38.6 Å². The number of aliphatic carboxylic acids is 1. The zero-order chi connectivity index (χ0) is 21.4. The Bertz CT molecular complexity index is 790. The summed E-state index contributed by atoms with van der Waals surface area (Å²) in [7, 11) is 1.89. The SMILES string of the molecule is Cn1cc(Br)nc1C1(OCC(=O)O)CCC2(CCCN(C(=O)OC(C)(C)C)C2)C1. The topological polar surface area (TPSA) is 93.9 Å². The van der Waals surface area contributed by atoms with Crippen LogP contribution in [0.4, 0.5) is 4.79 Å². The molecule has 1 amide bonds. The summed E-state index contributed by atoms with van der Waals surface area (Å²) < 4.78 is 14.1. The molecule has 9 heteroatoms. The number of rotatable bonds is 4. The van der Waals surface area contributed by atoms with Gasteiger partial charge in [-0.2, -0.15) is 0 Å². The summed E-state index contributed by atoms with van der Waals surface area (Å²) in [5.41, 5.74) is -1.45. The fraction of sp³-hybridized carbons (Fsp3) is 0.750. The molecule has 162 valence electrons. The molecule has 1 spiro atoms. The van der Waals surface area contributed by atoms with E-state index < -0.39 is 17.2 Å². The summed E-state index contributed by atoms with van der Waals surface area (Å²) in [6.07, 6.45) is 5.55. The van der Waals surface area contributed by atoms with Crippen LogP contribution in [0.25, 0.3) is 0 Å². The Labute approximate surface area is 179 Å².